The normalized spacial score (nSPS) is 21.9. The first-order valence-corrected chi connectivity index (χ1v) is 5.44. The molecule has 1 unspecified atom stereocenters. The van der Waals surface area contributed by atoms with E-state index in [-0.39, 0.29) is 6.03 Å². The van der Waals surface area contributed by atoms with E-state index in [0.717, 1.165) is 19.3 Å². The molecule has 0 aromatic rings. The molecule has 1 rings (SSSR count). The maximum absolute atomic E-state index is 11.6. The summed E-state index contributed by atoms with van der Waals surface area (Å²) >= 11 is 0. The van der Waals surface area contributed by atoms with Crippen molar-refractivity contribution in [2.24, 2.45) is 0 Å². The Morgan fingerprint density at radius 1 is 1.40 bits per heavy atom. The third-order valence-corrected chi connectivity index (χ3v) is 2.63. The van der Waals surface area contributed by atoms with Gasteiger partial charge in [0.15, 0.2) is 0 Å². The molecule has 1 aliphatic rings. The van der Waals surface area contributed by atoms with Gasteiger partial charge in [-0.2, -0.15) is 0 Å². The van der Waals surface area contributed by atoms with Crippen LogP contribution in [-0.4, -0.2) is 41.1 Å². The lowest BCUT2D eigenvalue weighted by Gasteiger charge is -2.26. The fourth-order valence-corrected chi connectivity index (χ4v) is 1.86. The molecule has 1 aliphatic heterocycles. The van der Waals surface area contributed by atoms with Crippen LogP contribution in [0.1, 0.15) is 32.6 Å². The maximum atomic E-state index is 11.6. The van der Waals surface area contributed by atoms with Crippen LogP contribution in [0.2, 0.25) is 0 Å². The van der Waals surface area contributed by atoms with Gasteiger partial charge in [-0.05, 0) is 19.8 Å². The molecule has 0 aromatic carbocycles. The third-order valence-electron chi connectivity index (χ3n) is 2.63. The molecule has 1 saturated heterocycles. The van der Waals surface area contributed by atoms with Crippen LogP contribution in [0.4, 0.5) is 4.79 Å². The Balaban J connectivity index is 2.69. The molecule has 0 aromatic heterocycles. The van der Waals surface area contributed by atoms with E-state index in [9.17, 15) is 9.59 Å². The van der Waals surface area contributed by atoms with Gasteiger partial charge in [-0.3, -0.25) is 0 Å². The number of carbonyl (C=O) groups excluding carboxylic acids is 1. The number of urea groups is 1. The van der Waals surface area contributed by atoms with E-state index in [1.54, 1.807) is 0 Å². The molecule has 5 nitrogen and oxygen atoms in total. The highest BCUT2D eigenvalue weighted by molar-refractivity contribution is 5.82. The predicted octanol–water partition coefficient (Wildman–Crippen LogP) is 1.05. The van der Waals surface area contributed by atoms with E-state index in [1.165, 1.54) is 4.90 Å². The number of nitrogens with zero attached hydrogens (tertiary/aromatic N) is 1. The Morgan fingerprint density at radius 3 is 2.73 bits per heavy atom. The topological polar surface area (TPSA) is 69.6 Å². The lowest BCUT2D eigenvalue weighted by molar-refractivity contribution is -0.142. The second-order valence-corrected chi connectivity index (χ2v) is 3.73. The Bertz CT molecular complexity index is 243. The minimum atomic E-state index is -0.900. The summed E-state index contributed by atoms with van der Waals surface area (Å²) in [5.74, 6) is -0.900. The summed E-state index contributed by atoms with van der Waals surface area (Å²) in [6.45, 7) is 2.90. The molecule has 0 spiro atoms. The van der Waals surface area contributed by atoms with Gasteiger partial charge in [0.25, 0.3) is 0 Å². The van der Waals surface area contributed by atoms with Crippen molar-refractivity contribution in [3.63, 3.8) is 0 Å². The number of likely N-dealkylation sites (tertiary alicyclic amines) is 1. The van der Waals surface area contributed by atoms with Gasteiger partial charge >= 0.3 is 12.0 Å². The van der Waals surface area contributed by atoms with Crippen molar-refractivity contribution in [3.05, 3.63) is 0 Å². The second-order valence-electron chi connectivity index (χ2n) is 3.73. The van der Waals surface area contributed by atoms with Gasteiger partial charge in [-0.25, -0.2) is 9.59 Å². The fraction of sp³-hybridized carbons (Fsp3) is 0.800. The highest BCUT2D eigenvalue weighted by Gasteiger charge is 2.30. The molecule has 1 heterocycles. The van der Waals surface area contributed by atoms with Crippen molar-refractivity contribution < 1.29 is 14.7 Å². The van der Waals surface area contributed by atoms with Crippen molar-refractivity contribution in [1.82, 2.24) is 10.2 Å². The van der Waals surface area contributed by atoms with E-state index in [1.807, 2.05) is 6.92 Å². The number of aliphatic carboxylic acids is 1. The first kappa shape index (κ1) is 11.8. The molecule has 0 saturated carbocycles. The Kier molecular flexibility index (Phi) is 4.39. The average Bonchev–Trinajstić information content (AvgIpc) is 2.42. The summed E-state index contributed by atoms with van der Waals surface area (Å²) in [5, 5.41) is 11.7. The van der Waals surface area contributed by atoms with Crippen LogP contribution in [0.15, 0.2) is 0 Å². The second kappa shape index (κ2) is 5.58. The molecule has 15 heavy (non-hydrogen) atoms. The molecule has 2 N–H and O–H groups in total. The van der Waals surface area contributed by atoms with Crippen LogP contribution >= 0.6 is 0 Å². The SMILES string of the molecule is CCNC(=O)N1CCCCCC1C(=O)O. The van der Waals surface area contributed by atoms with Crippen molar-refractivity contribution in [2.45, 2.75) is 38.6 Å². The molecule has 0 radical (unpaired) electrons. The van der Waals surface area contributed by atoms with Gasteiger partial charge in [0.1, 0.15) is 6.04 Å². The number of carbonyl (C=O) groups is 2. The van der Waals surface area contributed by atoms with Crippen LogP contribution in [0.5, 0.6) is 0 Å². The minimum absolute atomic E-state index is 0.258. The van der Waals surface area contributed by atoms with Gasteiger partial charge in [0, 0.05) is 13.1 Å². The zero-order chi connectivity index (χ0) is 11.3. The molecule has 0 aliphatic carbocycles. The van der Waals surface area contributed by atoms with E-state index in [2.05, 4.69) is 5.32 Å². The quantitative estimate of drug-likeness (QED) is 0.721. The Hall–Kier alpha value is -1.26. The first-order valence-electron chi connectivity index (χ1n) is 5.44. The van der Waals surface area contributed by atoms with Crippen molar-refractivity contribution >= 4 is 12.0 Å². The van der Waals surface area contributed by atoms with Gasteiger partial charge in [0.05, 0.1) is 0 Å². The molecule has 1 fully saturated rings. The standard InChI is InChI=1S/C10H18N2O3/c1-2-11-10(15)12-7-5-3-4-6-8(12)9(13)14/h8H,2-7H2,1H3,(H,11,15)(H,13,14). The van der Waals surface area contributed by atoms with Crippen LogP contribution in [-0.2, 0) is 4.79 Å². The van der Waals surface area contributed by atoms with E-state index < -0.39 is 12.0 Å². The maximum Gasteiger partial charge on any atom is 0.326 e. The number of carboxylic acid groups (broad SMARTS) is 1. The van der Waals surface area contributed by atoms with E-state index >= 15 is 0 Å². The fourth-order valence-electron chi connectivity index (χ4n) is 1.86. The summed E-state index contributed by atoms with van der Waals surface area (Å²) in [6, 6.07) is -0.911. The lowest BCUT2D eigenvalue weighted by Crippen LogP contribution is -2.49. The monoisotopic (exact) mass is 214 g/mol. The van der Waals surface area contributed by atoms with E-state index in [4.69, 9.17) is 5.11 Å². The summed E-state index contributed by atoms with van der Waals surface area (Å²) in [6.07, 6.45) is 3.33. The van der Waals surface area contributed by atoms with Gasteiger partial charge in [-0.15, -0.1) is 0 Å². The number of amides is 2. The van der Waals surface area contributed by atoms with Gasteiger partial charge in [-0.1, -0.05) is 12.8 Å². The number of hydrogen-bond acceptors (Lipinski definition) is 2. The number of carboxylic acids is 1. The minimum Gasteiger partial charge on any atom is -0.480 e. The molecule has 0 bridgehead atoms. The summed E-state index contributed by atoms with van der Waals surface area (Å²) in [5.41, 5.74) is 0. The molecule has 86 valence electrons. The third kappa shape index (κ3) is 3.11. The first-order chi connectivity index (χ1) is 7.16. The van der Waals surface area contributed by atoms with Crippen molar-refractivity contribution in [1.29, 1.82) is 0 Å². The highest BCUT2D eigenvalue weighted by Crippen LogP contribution is 2.16. The van der Waals surface area contributed by atoms with Gasteiger partial charge in [0.2, 0.25) is 0 Å². The largest absolute Gasteiger partial charge is 0.480 e. The molecular formula is C10H18N2O3. The molecule has 2 amide bonds. The van der Waals surface area contributed by atoms with Crippen molar-refractivity contribution in [2.75, 3.05) is 13.1 Å². The van der Waals surface area contributed by atoms with Gasteiger partial charge < -0.3 is 15.3 Å². The van der Waals surface area contributed by atoms with Crippen LogP contribution in [0.25, 0.3) is 0 Å². The molecule has 1 atom stereocenters. The summed E-state index contributed by atoms with van der Waals surface area (Å²) in [7, 11) is 0. The molecule has 5 heteroatoms. The zero-order valence-corrected chi connectivity index (χ0v) is 9.03. The Labute approximate surface area is 89.4 Å². The number of nitrogens with one attached hydrogen (secondary N) is 1. The van der Waals surface area contributed by atoms with Crippen LogP contribution in [0.3, 0.4) is 0 Å². The lowest BCUT2D eigenvalue weighted by atomic mass is 10.1. The molecular weight excluding hydrogens is 196 g/mol. The number of hydrogen-bond donors (Lipinski definition) is 2. The van der Waals surface area contributed by atoms with Crippen molar-refractivity contribution in [3.8, 4) is 0 Å². The van der Waals surface area contributed by atoms with Crippen LogP contribution < -0.4 is 5.32 Å². The highest BCUT2D eigenvalue weighted by atomic mass is 16.4. The Morgan fingerprint density at radius 2 is 2.13 bits per heavy atom. The smallest absolute Gasteiger partial charge is 0.326 e. The predicted molar refractivity (Wildman–Crippen MR) is 55.7 cm³/mol. The van der Waals surface area contributed by atoms with E-state index in [0.29, 0.717) is 19.5 Å². The summed E-state index contributed by atoms with van der Waals surface area (Å²) < 4.78 is 0. The average molecular weight is 214 g/mol. The van der Waals surface area contributed by atoms with Crippen LogP contribution in [0, 0.1) is 0 Å². The summed E-state index contributed by atoms with van der Waals surface area (Å²) in [4.78, 5) is 24.1. The zero-order valence-electron chi connectivity index (χ0n) is 9.03. The number of rotatable bonds is 2.